The van der Waals surface area contributed by atoms with Crippen LogP contribution in [0.5, 0.6) is 0 Å². The Morgan fingerprint density at radius 2 is 0.840 bits per heavy atom. The van der Waals surface area contributed by atoms with Crippen molar-refractivity contribution in [1.82, 2.24) is 0 Å². The molecule has 0 saturated carbocycles. The van der Waals surface area contributed by atoms with E-state index in [4.69, 9.17) is 18.6 Å². The van der Waals surface area contributed by atoms with Gasteiger partial charge in [0.15, 0.2) is 0 Å². The molecule has 25 heavy (non-hydrogen) atoms. The second-order valence-electron chi connectivity index (χ2n) is 9.04. The maximum atomic E-state index is 5.94. The van der Waals surface area contributed by atoms with Gasteiger partial charge in [-0.3, -0.25) is 0 Å². The fourth-order valence-corrected chi connectivity index (χ4v) is 2.70. The quantitative estimate of drug-likeness (QED) is 0.522. The molecule has 140 valence electrons. The maximum Gasteiger partial charge on any atom is 0.486 e. The molecule has 0 aliphatic carbocycles. The largest absolute Gasteiger partial charge is 0.486 e. The predicted molar refractivity (Wildman–Crippen MR) is 104 cm³/mol. The minimum absolute atomic E-state index is 0.245. The van der Waals surface area contributed by atoms with Gasteiger partial charge in [0.2, 0.25) is 0 Å². The average molecular weight is 348 g/mol. The lowest BCUT2D eigenvalue weighted by atomic mass is 9.88. The Morgan fingerprint density at radius 3 is 1.12 bits per heavy atom. The molecule has 2 aliphatic heterocycles. The Hall–Kier alpha value is -0.550. The first-order chi connectivity index (χ1) is 11.4. The van der Waals surface area contributed by atoms with Crippen LogP contribution in [0.25, 0.3) is 0 Å². The minimum atomic E-state index is -0.270. The normalized spacial score (nSPS) is 27.0. The van der Waals surface area contributed by atoms with Gasteiger partial charge in [0.05, 0.1) is 22.4 Å². The van der Waals surface area contributed by atoms with Crippen LogP contribution in [0.1, 0.15) is 74.7 Å². The van der Waals surface area contributed by atoms with Crippen molar-refractivity contribution in [2.24, 2.45) is 0 Å². The first kappa shape index (κ1) is 20.8. The van der Waals surface area contributed by atoms with Crippen LogP contribution in [0.2, 0.25) is 0 Å². The van der Waals surface area contributed by atoms with E-state index in [0.29, 0.717) is 0 Å². The van der Waals surface area contributed by atoms with Crippen LogP contribution in [0.3, 0.4) is 0 Å². The summed E-state index contributed by atoms with van der Waals surface area (Å²) in [5.41, 5.74) is -1.08. The van der Waals surface area contributed by atoms with Crippen LogP contribution >= 0.6 is 0 Å². The molecule has 2 saturated heterocycles. The Morgan fingerprint density at radius 1 is 0.560 bits per heavy atom. The molecule has 0 spiro atoms. The summed E-state index contributed by atoms with van der Waals surface area (Å²) < 4.78 is 23.8. The molecule has 4 nitrogen and oxygen atoms in total. The fourth-order valence-electron chi connectivity index (χ4n) is 2.70. The van der Waals surface area contributed by atoms with Crippen LogP contribution in [-0.4, -0.2) is 36.6 Å². The summed E-state index contributed by atoms with van der Waals surface area (Å²) in [6.07, 6.45) is 7.36. The molecule has 2 fully saturated rings. The zero-order chi connectivity index (χ0) is 18.9. The molecule has 0 unspecified atom stereocenters. The van der Waals surface area contributed by atoms with Gasteiger partial charge in [0, 0.05) is 0 Å². The van der Waals surface area contributed by atoms with Gasteiger partial charge < -0.3 is 18.6 Å². The van der Waals surface area contributed by atoms with E-state index in [1.165, 1.54) is 0 Å². The molecule has 0 N–H and O–H groups in total. The maximum absolute atomic E-state index is 5.94. The molecule has 2 heterocycles. The second kappa shape index (κ2) is 7.22. The lowest BCUT2D eigenvalue weighted by Crippen LogP contribution is -2.41. The van der Waals surface area contributed by atoms with Crippen LogP contribution < -0.4 is 0 Å². The van der Waals surface area contributed by atoms with Gasteiger partial charge in [-0.1, -0.05) is 24.1 Å². The molecule has 0 bridgehead atoms. The van der Waals surface area contributed by atoms with Crippen LogP contribution in [0.15, 0.2) is 24.1 Å². The highest BCUT2D eigenvalue weighted by Crippen LogP contribution is 2.37. The Labute approximate surface area is 154 Å². The van der Waals surface area contributed by atoms with E-state index in [9.17, 15) is 0 Å². The van der Waals surface area contributed by atoms with Gasteiger partial charge >= 0.3 is 14.2 Å². The average Bonchev–Trinajstić information content (AvgIpc) is 2.76. The van der Waals surface area contributed by atoms with Crippen LogP contribution in [0, 0.1) is 0 Å². The van der Waals surface area contributed by atoms with Crippen molar-refractivity contribution >= 4 is 14.2 Å². The van der Waals surface area contributed by atoms with Gasteiger partial charge in [-0.15, -0.1) is 0 Å². The summed E-state index contributed by atoms with van der Waals surface area (Å²) >= 11 is 0. The zero-order valence-corrected chi connectivity index (χ0v) is 17.2. The van der Waals surface area contributed by atoms with Crippen molar-refractivity contribution in [3.05, 3.63) is 24.1 Å². The molecule has 0 radical (unpaired) electrons. The molecule has 0 aromatic rings. The Balaban J connectivity index is 1.66. The van der Waals surface area contributed by atoms with E-state index in [0.717, 1.165) is 19.3 Å². The lowest BCUT2D eigenvalue weighted by Gasteiger charge is -2.32. The van der Waals surface area contributed by atoms with Crippen LogP contribution in [0.4, 0.5) is 0 Å². The number of hydrogen-bond donors (Lipinski definition) is 0. The summed E-state index contributed by atoms with van der Waals surface area (Å²) in [5.74, 6) is 4.04. The van der Waals surface area contributed by atoms with Crippen molar-refractivity contribution in [3.63, 3.8) is 0 Å². The van der Waals surface area contributed by atoms with E-state index in [1.54, 1.807) is 0 Å². The third kappa shape index (κ3) is 4.79. The SMILES string of the molecule is CC1(C)OB(/C=C/CCC/C=C/B2OC(C)(C)C(C)(C)O2)OC1(C)C. The summed E-state index contributed by atoms with van der Waals surface area (Å²) in [7, 11) is -0.490. The highest BCUT2D eigenvalue weighted by molar-refractivity contribution is 6.52. The summed E-state index contributed by atoms with van der Waals surface area (Å²) in [6, 6.07) is 0. The number of allylic oxidation sites excluding steroid dienone is 2. The lowest BCUT2D eigenvalue weighted by molar-refractivity contribution is 0.00578. The van der Waals surface area contributed by atoms with E-state index < -0.39 is 0 Å². The van der Waals surface area contributed by atoms with Crippen molar-refractivity contribution in [1.29, 1.82) is 0 Å². The molecular formula is C19H34B2O4. The van der Waals surface area contributed by atoms with Crippen molar-refractivity contribution in [2.45, 2.75) is 97.1 Å². The molecule has 0 aromatic heterocycles. The van der Waals surface area contributed by atoms with Crippen LogP contribution in [-0.2, 0) is 18.6 Å². The van der Waals surface area contributed by atoms with E-state index in [-0.39, 0.29) is 36.6 Å². The molecule has 0 atom stereocenters. The highest BCUT2D eigenvalue weighted by Gasteiger charge is 2.50. The monoisotopic (exact) mass is 348 g/mol. The summed E-state index contributed by atoms with van der Waals surface area (Å²) in [4.78, 5) is 0. The topological polar surface area (TPSA) is 36.9 Å². The third-order valence-electron chi connectivity index (χ3n) is 5.87. The van der Waals surface area contributed by atoms with Crippen molar-refractivity contribution in [2.75, 3.05) is 0 Å². The molecule has 6 heteroatoms. The number of rotatable bonds is 6. The summed E-state index contributed by atoms with van der Waals surface area (Å²) in [5, 5.41) is 0. The molecule has 2 rings (SSSR count). The Bertz CT molecular complexity index is 446. The Kier molecular flexibility index (Phi) is 6.00. The van der Waals surface area contributed by atoms with Gasteiger partial charge in [-0.25, -0.2) is 0 Å². The van der Waals surface area contributed by atoms with E-state index >= 15 is 0 Å². The molecule has 2 aliphatic rings. The van der Waals surface area contributed by atoms with Gasteiger partial charge in [-0.05, 0) is 74.7 Å². The predicted octanol–water partition coefficient (Wildman–Crippen LogP) is 4.53. The smallest absolute Gasteiger partial charge is 0.400 e. The summed E-state index contributed by atoms with van der Waals surface area (Å²) in [6.45, 7) is 16.6. The highest BCUT2D eigenvalue weighted by atomic mass is 16.7. The van der Waals surface area contributed by atoms with E-state index in [1.807, 2.05) is 12.0 Å². The minimum Gasteiger partial charge on any atom is -0.400 e. The number of hydrogen-bond acceptors (Lipinski definition) is 4. The third-order valence-corrected chi connectivity index (χ3v) is 5.87. The molecule has 0 aromatic carbocycles. The first-order valence-corrected chi connectivity index (χ1v) is 9.41. The van der Waals surface area contributed by atoms with Crippen molar-refractivity contribution in [3.8, 4) is 0 Å². The zero-order valence-electron chi connectivity index (χ0n) is 17.2. The van der Waals surface area contributed by atoms with E-state index in [2.05, 4.69) is 67.5 Å². The standard InChI is InChI=1S/C19H34B2O4/c1-16(2)17(3,4)23-20(22-16)14-12-10-9-11-13-15-21-24-18(5,6)19(7,8)25-21/h12-15H,9-11H2,1-8H3/b14-12+,15-13+. The van der Waals surface area contributed by atoms with Gasteiger partial charge in [0.25, 0.3) is 0 Å². The fraction of sp³-hybridized carbons (Fsp3) is 0.789. The second-order valence-corrected chi connectivity index (χ2v) is 9.04. The van der Waals surface area contributed by atoms with Gasteiger partial charge in [-0.2, -0.15) is 0 Å². The van der Waals surface area contributed by atoms with Crippen molar-refractivity contribution < 1.29 is 18.6 Å². The van der Waals surface area contributed by atoms with Gasteiger partial charge in [0.1, 0.15) is 0 Å². The molecule has 0 amide bonds. The molecular weight excluding hydrogens is 314 g/mol. The number of unbranched alkanes of at least 4 members (excludes halogenated alkanes) is 2. The first-order valence-electron chi connectivity index (χ1n) is 9.41.